The minimum Gasteiger partial charge on any atom is -0.497 e. The molecule has 0 unspecified atom stereocenters. The van der Waals surface area contributed by atoms with Crippen LogP contribution in [-0.2, 0) is 13.0 Å². The van der Waals surface area contributed by atoms with Crippen molar-refractivity contribution in [2.45, 2.75) is 26.8 Å². The molecule has 0 aliphatic heterocycles. The lowest BCUT2D eigenvalue weighted by Gasteiger charge is -2.15. The molecule has 2 N–H and O–H groups in total. The number of hydrogen-bond acceptors (Lipinski definition) is 3. The molecule has 0 atom stereocenters. The molecule has 0 aliphatic carbocycles. The number of carbonyl (C=O) groups is 1. The van der Waals surface area contributed by atoms with Crippen molar-refractivity contribution in [2.75, 3.05) is 14.2 Å². The number of ether oxygens (including phenoxy) is 2. The molecule has 5 nitrogen and oxygen atoms in total. The van der Waals surface area contributed by atoms with Crippen molar-refractivity contribution in [3.63, 3.8) is 0 Å². The molecular formula is C23H25BrN2O3. The highest BCUT2D eigenvalue weighted by molar-refractivity contribution is 9.10. The first-order valence-electron chi connectivity index (χ1n) is 9.33. The predicted octanol–water partition coefficient (Wildman–Crippen LogP) is 4.89. The maximum atomic E-state index is 12.1. The summed E-state index contributed by atoms with van der Waals surface area (Å²) in [6, 6.07) is 13.8. The van der Waals surface area contributed by atoms with Crippen molar-refractivity contribution in [3.8, 4) is 22.8 Å². The molecule has 6 heteroatoms. The Labute approximate surface area is 179 Å². The lowest BCUT2D eigenvalue weighted by molar-refractivity contribution is 0.0999. The van der Waals surface area contributed by atoms with E-state index in [0.717, 1.165) is 50.5 Å². The molecule has 0 spiro atoms. The summed E-state index contributed by atoms with van der Waals surface area (Å²) < 4.78 is 14.0. The van der Waals surface area contributed by atoms with E-state index in [1.54, 1.807) is 14.2 Å². The molecule has 1 aromatic heterocycles. The van der Waals surface area contributed by atoms with Crippen LogP contribution in [-0.4, -0.2) is 24.7 Å². The second-order valence-corrected chi connectivity index (χ2v) is 7.80. The number of primary amides is 1. The van der Waals surface area contributed by atoms with E-state index in [2.05, 4.69) is 20.5 Å². The number of hydrogen-bond donors (Lipinski definition) is 1. The van der Waals surface area contributed by atoms with Crippen LogP contribution in [0.4, 0.5) is 0 Å². The molecule has 0 bridgehead atoms. The Balaban J connectivity index is 2.06. The molecule has 1 amide bonds. The van der Waals surface area contributed by atoms with Gasteiger partial charge in [-0.1, -0.05) is 28.1 Å². The van der Waals surface area contributed by atoms with Crippen molar-refractivity contribution in [2.24, 2.45) is 5.73 Å². The Morgan fingerprint density at radius 3 is 2.34 bits per heavy atom. The van der Waals surface area contributed by atoms with E-state index in [4.69, 9.17) is 15.2 Å². The minimum absolute atomic E-state index is 0.406. The second-order valence-electron chi connectivity index (χ2n) is 6.88. The van der Waals surface area contributed by atoms with Gasteiger partial charge < -0.3 is 19.8 Å². The number of nitrogens with two attached hydrogens (primary N) is 1. The smallest absolute Gasteiger partial charge is 0.250 e. The molecule has 0 radical (unpaired) electrons. The number of benzene rings is 2. The number of aromatic nitrogens is 1. The van der Waals surface area contributed by atoms with Crippen LogP contribution in [0, 0.1) is 13.8 Å². The van der Waals surface area contributed by atoms with Gasteiger partial charge in [0.25, 0.3) is 5.91 Å². The molecule has 0 aliphatic rings. The van der Waals surface area contributed by atoms with Gasteiger partial charge >= 0.3 is 0 Å². The minimum atomic E-state index is -0.406. The third kappa shape index (κ3) is 4.17. The maximum Gasteiger partial charge on any atom is 0.250 e. The summed E-state index contributed by atoms with van der Waals surface area (Å²) in [4.78, 5) is 12.1. The van der Waals surface area contributed by atoms with Crippen LogP contribution in [0.3, 0.4) is 0 Å². The van der Waals surface area contributed by atoms with Gasteiger partial charge in [-0.25, -0.2) is 0 Å². The van der Waals surface area contributed by atoms with Crippen LogP contribution in [0.5, 0.6) is 11.5 Å². The zero-order valence-corrected chi connectivity index (χ0v) is 18.7. The molecule has 29 heavy (non-hydrogen) atoms. The molecule has 3 rings (SSSR count). The third-order valence-electron chi connectivity index (χ3n) is 5.22. The average molecular weight is 457 g/mol. The summed E-state index contributed by atoms with van der Waals surface area (Å²) in [5.41, 5.74) is 11.1. The van der Waals surface area contributed by atoms with Crippen molar-refractivity contribution in [3.05, 3.63) is 69.3 Å². The van der Waals surface area contributed by atoms with Crippen LogP contribution in [0.15, 0.2) is 46.9 Å². The van der Waals surface area contributed by atoms with Crippen LogP contribution in [0.25, 0.3) is 11.3 Å². The molecule has 0 saturated heterocycles. The van der Waals surface area contributed by atoms with Gasteiger partial charge in [0.05, 0.1) is 25.5 Å². The summed E-state index contributed by atoms with van der Waals surface area (Å²) in [6.07, 6.45) is 0.719. The van der Waals surface area contributed by atoms with Gasteiger partial charge in [0.15, 0.2) is 0 Å². The van der Waals surface area contributed by atoms with Crippen LogP contribution < -0.4 is 15.2 Å². The lowest BCUT2D eigenvalue weighted by atomic mass is 10.0. The molecule has 1 heterocycles. The number of methoxy groups -OCH3 is 2. The zero-order valence-electron chi connectivity index (χ0n) is 17.1. The average Bonchev–Trinajstić information content (AvgIpc) is 2.96. The number of nitrogens with zero attached hydrogens (tertiary/aromatic N) is 1. The van der Waals surface area contributed by atoms with Gasteiger partial charge in [-0.05, 0) is 67.3 Å². The third-order valence-corrected chi connectivity index (χ3v) is 5.75. The monoisotopic (exact) mass is 456 g/mol. The van der Waals surface area contributed by atoms with Crippen molar-refractivity contribution >= 4 is 21.8 Å². The van der Waals surface area contributed by atoms with E-state index in [1.165, 1.54) is 0 Å². The van der Waals surface area contributed by atoms with Gasteiger partial charge in [-0.15, -0.1) is 0 Å². The van der Waals surface area contributed by atoms with E-state index in [0.29, 0.717) is 12.1 Å². The van der Waals surface area contributed by atoms with Gasteiger partial charge in [-0.2, -0.15) is 0 Å². The SMILES string of the molecule is COc1ccc(OC)c(CCn2c(C)c(C(N)=O)c(C)c2-c2ccc(Br)cc2)c1. The maximum absolute atomic E-state index is 12.1. The van der Waals surface area contributed by atoms with Gasteiger partial charge in [0.1, 0.15) is 11.5 Å². The van der Waals surface area contributed by atoms with E-state index >= 15 is 0 Å². The fourth-order valence-corrected chi connectivity index (χ4v) is 4.09. The fourth-order valence-electron chi connectivity index (χ4n) is 3.83. The summed E-state index contributed by atoms with van der Waals surface area (Å²) >= 11 is 3.48. The van der Waals surface area contributed by atoms with Crippen LogP contribution in [0.1, 0.15) is 27.2 Å². The molecule has 0 saturated carbocycles. The largest absolute Gasteiger partial charge is 0.497 e. The number of aryl methyl sites for hydroxylation is 1. The van der Waals surface area contributed by atoms with Crippen LogP contribution in [0.2, 0.25) is 0 Å². The topological polar surface area (TPSA) is 66.5 Å². The standard InChI is InChI=1S/C23H25BrN2O3/c1-14-21(23(25)27)15(2)26(22(14)16-5-7-18(24)8-6-16)12-11-17-13-19(28-3)9-10-20(17)29-4/h5-10,13H,11-12H2,1-4H3,(H2,25,27). The molecule has 3 aromatic rings. The molecule has 152 valence electrons. The highest BCUT2D eigenvalue weighted by atomic mass is 79.9. The van der Waals surface area contributed by atoms with E-state index in [9.17, 15) is 4.79 Å². The summed E-state index contributed by atoms with van der Waals surface area (Å²) in [7, 11) is 3.31. The first kappa shape index (κ1) is 21.0. The summed E-state index contributed by atoms with van der Waals surface area (Å²) in [6.45, 7) is 4.57. The Morgan fingerprint density at radius 2 is 1.76 bits per heavy atom. The first-order chi connectivity index (χ1) is 13.9. The van der Waals surface area contributed by atoms with E-state index in [1.807, 2.05) is 56.3 Å². The quantitative estimate of drug-likeness (QED) is 0.549. The van der Waals surface area contributed by atoms with E-state index in [-0.39, 0.29) is 0 Å². The van der Waals surface area contributed by atoms with Crippen LogP contribution >= 0.6 is 15.9 Å². The van der Waals surface area contributed by atoms with E-state index < -0.39 is 5.91 Å². The zero-order chi connectivity index (χ0) is 21.1. The number of halogens is 1. The van der Waals surface area contributed by atoms with Gasteiger partial charge in [0.2, 0.25) is 0 Å². The predicted molar refractivity (Wildman–Crippen MR) is 119 cm³/mol. The normalized spacial score (nSPS) is 10.8. The summed E-state index contributed by atoms with van der Waals surface area (Å²) in [5, 5.41) is 0. The lowest BCUT2D eigenvalue weighted by Crippen LogP contribution is -2.14. The Morgan fingerprint density at radius 1 is 1.07 bits per heavy atom. The highest BCUT2D eigenvalue weighted by Crippen LogP contribution is 2.33. The van der Waals surface area contributed by atoms with Crippen molar-refractivity contribution in [1.82, 2.24) is 4.57 Å². The van der Waals surface area contributed by atoms with Gasteiger partial charge in [0, 0.05) is 16.7 Å². The van der Waals surface area contributed by atoms with Gasteiger partial charge in [-0.3, -0.25) is 4.79 Å². The second kappa shape index (κ2) is 8.74. The molecule has 0 fully saturated rings. The first-order valence-corrected chi connectivity index (χ1v) is 10.1. The fraction of sp³-hybridized carbons (Fsp3) is 0.261. The number of carbonyl (C=O) groups excluding carboxylic acids is 1. The highest BCUT2D eigenvalue weighted by Gasteiger charge is 2.22. The number of amides is 1. The Bertz CT molecular complexity index is 1040. The Kier molecular flexibility index (Phi) is 6.33. The summed E-state index contributed by atoms with van der Waals surface area (Å²) in [5.74, 6) is 1.19. The molecular weight excluding hydrogens is 432 g/mol. The van der Waals surface area contributed by atoms with Crippen molar-refractivity contribution in [1.29, 1.82) is 0 Å². The van der Waals surface area contributed by atoms with Crippen molar-refractivity contribution < 1.29 is 14.3 Å². The molecule has 2 aromatic carbocycles. The number of rotatable bonds is 7. The Hall–Kier alpha value is -2.73.